The van der Waals surface area contributed by atoms with Gasteiger partial charge in [0, 0.05) is 37.9 Å². The molecule has 3 heteroatoms. The van der Waals surface area contributed by atoms with Gasteiger partial charge >= 0.3 is 0 Å². The highest BCUT2D eigenvalue weighted by Gasteiger charge is 2.29. The van der Waals surface area contributed by atoms with Crippen LogP contribution in [0.5, 0.6) is 0 Å². The van der Waals surface area contributed by atoms with Crippen LogP contribution in [0.1, 0.15) is 25.3 Å². The average molecular weight is 323 g/mol. The maximum Gasteiger partial charge on any atom is 0.224 e. The minimum atomic E-state index is 0.152. The van der Waals surface area contributed by atoms with Crippen molar-refractivity contribution in [2.45, 2.75) is 32.2 Å². The van der Waals surface area contributed by atoms with E-state index in [-0.39, 0.29) is 5.91 Å². The number of likely N-dealkylation sites (tertiary alicyclic amines) is 1. The van der Waals surface area contributed by atoms with Crippen LogP contribution in [0.15, 0.2) is 60.7 Å². The first kappa shape index (κ1) is 16.7. The summed E-state index contributed by atoms with van der Waals surface area (Å²) in [6, 6.07) is 21.1. The molecule has 0 atom stereocenters. The third-order valence-corrected chi connectivity index (χ3v) is 5.01. The first-order valence-electron chi connectivity index (χ1n) is 8.96. The Balaban J connectivity index is 1.54. The summed E-state index contributed by atoms with van der Waals surface area (Å²) < 4.78 is 0. The predicted octanol–water partition coefficient (Wildman–Crippen LogP) is 2.33. The van der Waals surface area contributed by atoms with E-state index in [4.69, 9.17) is 0 Å². The van der Waals surface area contributed by atoms with E-state index in [2.05, 4.69) is 30.3 Å². The molecule has 1 amide bonds. The van der Waals surface area contributed by atoms with Gasteiger partial charge < -0.3 is 9.80 Å². The maximum atomic E-state index is 12.2. The van der Waals surface area contributed by atoms with Gasteiger partial charge in [0.2, 0.25) is 5.91 Å². The van der Waals surface area contributed by atoms with Gasteiger partial charge in [0.25, 0.3) is 0 Å². The molecular formula is C21H27N2O+. The molecule has 1 aliphatic heterocycles. The number of rotatable bonds is 5. The van der Waals surface area contributed by atoms with Crippen LogP contribution in [0.2, 0.25) is 0 Å². The molecule has 0 radical (unpaired) electrons. The molecule has 24 heavy (non-hydrogen) atoms. The number of nitrogens with zero attached hydrogens (tertiary/aromatic N) is 1. The van der Waals surface area contributed by atoms with E-state index >= 15 is 0 Å². The summed E-state index contributed by atoms with van der Waals surface area (Å²) in [5.74, 6) is 0.152. The first-order valence-corrected chi connectivity index (χ1v) is 8.96. The lowest BCUT2D eigenvalue weighted by atomic mass is 10.0. The van der Waals surface area contributed by atoms with Gasteiger partial charge in [-0.1, -0.05) is 48.5 Å². The van der Waals surface area contributed by atoms with Crippen molar-refractivity contribution in [2.75, 3.05) is 24.5 Å². The standard InChI is InChI=1S/C21H26N2O/c1-18(24)23(20-10-6-3-7-11-20)21-13-16-22(17-14-21)15-12-19-8-4-2-5-9-19/h2-11,21H,12-17H2,1H3/p+1. The second-order valence-corrected chi connectivity index (χ2v) is 6.69. The van der Waals surface area contributed by atoms with Gasteiger partial charge in [-0.2, -0.15) is 0 Å². The zero-order valence-corrected chi connectivity index (χ0v) is 14.4. The van der Waals surface area contributed by atoms with E-state index in [9.17, 15) is 4.79 Å². The number of benzene rings is 2. The van der Waals surface area contributed by atoms with Crippen LogP contribution in [0.3, 0.4) is 0 Å². The molecule has 3 nitrogen and oxygen atoms in total. The first-order chi connectivity index (χ1) is 11.7. The fourth-order valence-electron chi connectivity index (χ4n) is 3.72. The Morgan fingerprint density at radius 1 is 1.00 bits per heavy atom. The number of amides is 1. The topological polar surface area (TPSA) is 24.8 Å². The van der Waals surface area contributed by atoms with Crippen LogP contribution in [0.25, 0.3) is 0 Å². The van der Waals surface area contributed by atoms with Crippen LogP contribution in [-0.4, -0.2) is 31.6 Å². The summed E-state index contributed by atoms with van der Waals surface area (Å²) in [6.07, 6.45) is 3.30. The third-order valence-electron chi connectivity index (χ3n) is 5.01. The molecule has 0 bridgehead atoms. The van der Waals surface area contributed by atoms with Crippen molar-refractivity contribution in [3.8, 4) is 0 Å². The molecule has 0 aliphatic carbocycles. The average Bonchev–Trinajstić information content (AvgIpc) is 2.63. The van der Waals surface area contributed by atoms with Gasteiger partial charge in [-0.3, -0.25) is 4.79 Å². The maximum absolute atomic E-state index is 12.2. The van der Waals surface area contributed by atoms with Crippen molar-refractivity contribution in [3.05, 3.63) is 66.2 Å². The van der Waals surface area contributed by atoms with Crippen LogP contribution in [0.4, 0.5) is 5.69 Å². The van der Waals surface area contributed by atoms with Crippen molar-refractivity contribution in [1.82, 2.24) is 0 Å². The molecule has 0 saturated carbocycles. The Hall–Kier alpha value is -2.13. The van der Waals surface area contributed by atoms with Crippen molar-refractivity contribution in [2.24, 2.45) is 0 Å². The number of carbonyl (C=O) groups excluding carboxylic acids is 1. The Morgan fingerprint density at radius 2 is 1.58 bits per heavy atom. The molecule has 2 aromatic carbocycles. The Kier molecular flexibility index (Phi) is 5.65. The molecule has 1 N–H and O–H groups in total. The summed E-state index contributed by atoms with van der Waals surface area (Å²) >= 11 is 0. The molecule has 0 spiro atoms. The van der Waals surface area contributed by atoms with E-state index in [1.807, 2.05) is 35.2 Å². The number of quaternary nitrogens is 1. The second-order valence-electron chi connectivity index (χ2n) is 6.69. The zero-order chi connectivity index (χ0) is 16.8. The van der Waals surface area contributed by atoms with Gasteiger partial charge in [-0.05, 0) is 17.7 Å². The minimum Gasteiger partial charge on any atom is -0.335 e. The predicted molar refractivity (Wildman–Crippen MR) is 98.3 cm³/mol. The van der Waals surface area contributed by atoms with Crippen LogP contribution >= 0.6 is 0 Å². The number of para-hydroxylation sites is 1. The van der Waals surface area contributed by atoms with Crippen molar-refractivity contribution in [3.63, 3.8) is 0 Å². The molecule has 3 rings (SSSR count). The number of carbonyl (C=O) groups is 1. The van der Waals surface area contributed by atoms with Gasteiger partial charge in [0.1, 0.15) is 0 Å². The fourth-order valence-corrected chi connectivity index (χ4v) is 3.72. The van der Waals surface area contributed by atoms with Crippen molar-refractivity contribution in [1.29, 1.82) is 0 Å². The van der Waals surface area contributed by atoms with E-state index in [0.717, 1.165) is 38.0 Å². The Bertz CT molecular complexity index is 633. The quantitative estimate of drug-likeness (QED) is 0.897. The van der Waals surface area contributed by atoms with Gasteiger partial charge in [0.15, 0.2) is 0 Å². The number of piperidine rings is 1. The second kappa shape index (κ2) is 8.11. The summed E-state index contributed by atoms with van der Waals surface area (Å²) in [7, 11) is 0. The fraction of sp³-hybridized carbons (Fsp3) is 0.381. The molecular weight excluding hydrogens is 296 g/mol. The summed E-state index contributed by atoms with van der Waals surface area (Å²) in [6.45, 7) is 5.16. The highest BCUT2D eigenvalue weighted by atomic mass is 16.2. The molecule has 2 aromatic rings. The zero-order valence-electron chi connectivity index (χ0n) is 14.4. The normalized spacial score (nSPS) is 20.5. The molecule has 0 aromatic heterocycles. The van der Waals surface area contributed by atoms with E-state index < -0.39 is 0 Å². The summed E-state index contributed by atoms with van der Waals surface area (Å²) in [5.41, 5.74) is 2.45. The van der Waals surface area contributed by atoms with E-state index in [0.29, 0.717) is 6.04 Å². The molecule has 1 aliphatic rings. The monoisotopic (exact) mass is 323 g/mol. The molecule has 126 valence electrons. The van der Waals surface area contributed by atoms with Gasteiger partial charge in [0.05, 0.1) is 19.6 Å². The third kappa shape index (κ3) is 4.24. The minimum absolute atomic E-state index is 0.152. The van der Waals surface area contributed by atoms with E-state index in [1.54, 1.807) is 11.8 Å². The summed E-state index contributed by atoms with van der Waals surface area (Å²) in [5, 5.41) is 0. The number of nitrogens with one attached hydrogen (secondary N) is 1. The van der Waals surface area contributed by atoms with Crippen LogP contribution in [-0.2, 0) is 11.2 Å². The van der Waals surface area contributed by atoms with Crippen LogP contribution < -0.4 is 9.80 Å². The lowest BCUT2D eigenvalue weighted by Crippen LogP contribution is -3.13. The van der Waals surface area contributed by atoms with Gasteiger partial charge in [-0.25, -0.2) is 0 Å². The van der Waals surface area contributed by atoms with Crippen molar-refractivity contribution >= 4 is 11.6 Å². The largest absolute Gasteiger partial charge is 0.335 e. The van der Waals surface area contributed by atoms with Crippen molar-refractivity contribution < 1.29 is 9.69 Å². The molecule has 0 unspecified atom stereocenters. The molecule has 1 saturated heterocycles. The molecule has 1 fully saturated rings. The Morgan fingerprint density at radius 3 is 2.17 bits per heavy atom. The highest BCUT2D eigenvalue weighted by molar-refractivity contribution is 5.92. The lowest BCUT2D eigenvalue weighted by Gasteiger charge is -2.36. The SMILES string of the molecule is CC(=O)N(c1ccccc1)C1CC[NH+](CCc2ccccc2)CC1. The summed E-state index contributed by atoms with van der Waals surface area (Å²) in [4.78, 5) is 15.8. The number of hydrogen-bond acceptors (Lipinski definition) is 1. The van der Waals surface area contributed by atoms with Crippen LogP contribution in [0, 0.1) is 0 Å². The number of hydrogen-bond donors (Lipinski definition) is 1. The Labute approximate surface area is 144 Å². The van der Waals surface area contributed by atoms with E-state index in [1.165, 1.54) is 12.1 Å². The number of anilines is 1. The van der Waals surface area contributed by atoms with Gasteiger partial charge in [-0.15, -0.1) is 0 Å². The molecule has 1 heterocycles. The lowest BCUT2D eigenvalue weighted by molar-refractivity contribution is -0.904. The smallest absolute Gasteiger partial charge is 0.224 e. The highest BCUT2D eigenvalue weighted by Crippen LogP contribution is 2.21.